The Bertz CT molecular complexity index is 506. The maximum absolute atomic E-state index is 9.36. The Morgan fingerprint density at radius 3 is 2.73 bits per heavy atom. The molecule has 2 aromatic rings. The van der Waals surface area contributed by atoms with Crippen LogP contribution in [0.25, 0.3) is 10.9 Å². The summed E-state index contributed by atoms with van der Waals surface area (Å²) in [6.45, 7) is 4.19. The molecule has 0 aliphatic carbocycles. The van der Waals surface area contributed by atoms with Crippen LogP contribution in [0.15, 0.2) is 24.4 Å². The molecule has 15 heavy (non-hydrogen) atoms. The van der Waals surface area contributed by atoms with E-state index in [1.807, 2.05) is 6.07 Å². The molecule has 1 heterocycles. The van der Waals surface area contributed by atoms with Gasteiger partial charge in [-0.25, -0.2) is 0 Å². The molecule has 1 aromatic heterocycles. The first kappa shape index (κ1) is 9.77. The third kappa shape index (κ3) is 1.61. The monoisotopic (exact) mass is 202 g/mol. The van der Waals surface area contributed by atoms with E-state index in [4.69, 9.17) is 5.73 Å². The molecule has 0 spiro atoms. The highest BCUT2D eigenvalue weighted by Gasteiger charge is 2.10. The van der Waals surface area contributed by atoms with E-state index in [1.165, 1.54) is 0 Å². The largest absolute Gasteiger partial charge is 0.508 e. The van der Waals surface area contributed by atoms with Crippen LogP contribution in [0.2, 0.25) is 0 Å². The Hall–Kier alpha value is -1.77. The minimum atomic E-state index is 0.231. The van der Waals surface area contributed by atoms with Crippen molar-refractivity contribution in [3.8, 4) is 5.75 Å². The van der Waals surface area contributed by atoms with E-state index in [9.17, 15) is 5.11 Å². The SMILES string of the molecule is CC(C)c1c(N)cnc2cc(O)ccc12. The van der Waals surface area contributed by atoms with Crippen LogP contribution < -0.4 is 5.73 Å². The second kappa shape index (κ2) is 3.42. The fourth-order valence-electron chi connectivity index (χ4n) is 1.86. The number of phenols is 1. The molecule has 0 atom stereocenters. The topological polar surface area (TPSA) is 59.1 Å². The van der Waals surface area contributed by atoms with Crippen molar-refractivity contribution < 1.29 is 5.11 Å². The molecule has 3 nitrogen and oxygen atoms in total. The highest BCUT2D eigenvalue weighted by atomic mass is 16.3. The third-order valence-electron chi connectivity index (χ3n) is 2.50. The van der Waals surface area contributed by atoms with Crippen molar-refractivity contribution >= 4 is 16.6 Å². The quantitative estimate of drug-likeness (QED) is 0.747. The lowest BCUT2D eigenvalue weighted by Gasteiger charge is -2.12. The van der Waals surface area contributed by atoms with Crippen molar-refractivity contribution in [2.24, 2.45) is 0 Å². The molecule has 0 aliphatic rings. The predicted molar refractivity (Wildman–Crippen MR) is 61.9 cm³/mol. The Morgan fingerprint density at radius 2 is 2.07 bits per heavy atom. The Morgan fingerprint density at radius 1 is 1.33 bits per heavy atom. The number of anilines is 1. The van der Waals surface area contributed by atoms with Crippen molar-refractivity contribution in [3.63, 3.8) is 0 Å². The predicted octanol–water partition coefficient (Wildman–Crippen LogP) is 2.65. The average Bonchev–Trinajstić information content (AvgIpc) is 2.17. The number of phenolic OH excluding ortho intramolecular Hbond substituents is 1. The van der Waals surface area contributed by atoms with E-state index >= 15 is 0 Å². The molecule has 78 valence electrons. The molecule has 0 bridgehead atoms. The van der Waals surface area contributed by atoms with Gasteiger partial charge in [0.1, 0.15) is 5.75 Å². The summed E-state index contributed by atoms with van der Waals surface area (Å²) in [5, 5.41) is 10.4. The van der Waals surface area contributed by atoms with Gasteiger partial charge in [0, 0.05) is 11.5 Å². The van der Waals surface area contributed by atoms with Gasteiger partial charge in [-0.2, -0.15) is 0 Å². The molecular formula is C12H14N2O. The van der Waals surface area contributed by atoms with Crippen molar-refractivity contribution in [1.82, 2.24) is 4.98 Å². The molecule has 3 N–H and O–H groups in total. The number of hydrogen-bond acceptors (Lipinski definition) is 3. The van der Waals surface area contributed by atoms with Gasteiger partial charge in [-0.1, -0.05) is 13.8 Å². The first-order valence-corrected chi connectivity index (χ1v) is 4.96. The normalized spacial score (nSPS) is 11.1. The van der Waals surface area contributed by atoms with Crippen LogP contribution in [-0.4, -0.2) is 10.1 Å². The van der Waals surface area contributed by atoms with Gasteiger partial charge in [0.05, 0.1) is 17.4 Å². The fourth-order valence-corrected chi connectivity index (χ4v) is 1.86. The zero-order chi connectivity index (χ0) is 11.0. The smallest absolute Gasteiger partial charge is 0.117 e. The van der Waals surface area contributed by atoms with Crippen molar-refractivity contribution in [2.45, 2.75) is 19.8 Å². The lowest BCUT2D eigenvalue weighted by molar-refractivity contribution is 0.476. The Labute approximate surface area is 88.6 Å². The van der Waals surface area contributed by atoms with Crippen LogP contribution in [0.3, 0.4) is 0 Å². The van der Waals surface area contributed by atoms with Gasteiger partial charge in [-0.05, 0) is 23.6 Å². The zero-order valence-electron chi connectivity index (χ0n) is 8.86. The van der Waals surface area contributed by atoms with E-state index in [2.05, 4.69) is 18.8 Å². The van der Waals surface area contributed by atoms with Crippen molar-refractivity contribution in [2.75, 3.05) is 5.73 Å². The van der Waals surface area contributed by atoms with E-state index in [-0.39, 0.29) is 5.75 Å². The summed E-state index contributed by atoms with van der Waals surface area (Å²) in [5.41, 5.74) is 8.49. The number of hydrogen-bond donors (Lipinski definition) is 2. The lowest BCUT2D eigenvalue weighted by Crippen LogP contribution is -1.99. The van der Waals surface area contributed by atoms with Gasteiger partial charge >= 0.3 is 0 Å². The van der Waals surface area contributed by atoms with Crippen molar-refractivity contribution in [1.29, 1.82) is 0 Å². The van der Waals surface area contributed by atoms with Crippen LogP contribution in [0.4, 0.5) is 5.69 Å². The molecular weight excluding hydrogens is 188 g/mol. The zero-order valence-corrected chi connectivity index (χ0v) is 8.86. The number of pyridine rings is 1. The van der Waals surface area contributed by atoms with Gasteiger partial charge in [0.25, 0.3) is 0 Å². The maximum Gasteiger partial charge on any atom is 0.117 e. The summed E-state index contributed by atoms with van der Waals surface area (Å²) in [5.74, 6) is 0.578. The Kier molecular flexibility index (Phi) is 2.23. The minimum Gasteiger partial charge on any atom is -0.508 e. The second-order valence-corrected chi connectivity index (χ2v) is 3.98. The van der Waals surface area contributed by atoms with Gasteiger partial charge < -0.3 is 10.8 Å². The van der Waals surface area contributed by atoms with Crippen LogP contribution in [0.5, 0.6) is 5.75 Å². The summed E-state index contributed by atoms with van der Waals surface area (Å²) >= 11 is 0. The van der Waals surface area contributed by atoms with E-state index < -0.39 is 0 Å². The second-order valence-electron chi connectivity index (χ2n) is 3.98. The van der Waals surface area contributed by atoms with Gasteiger partial charge in [-0.3, -0.25) is 4.98 Å². The first-order valence-electron chi connectivity index (χ1n) is 4.96. The summed E-state index contributed by atoms with van der Waals surface area (Å²) in [6, 6.07) is 5.18. The molecule has 0 aliphatic heterocycles. The number of nitrogens with zero attached hydrogens (tertiary/aromatic N) is 1. The van der Waals surface area contributed by atoms with Crippen LogP contribution in [-0.2, 0) is 0 Å². The molecule has 0 amide bonds. The molecule has 1 aromatic carbocycles. The molecule has 0 fully saturated rings. The number of aromatic nitrogens is 1. The number of aromatic hydroxyl groups is 1. The summed E-state index contributed by atoms with van der Waals surface area (Å²) in [6.07, 6.45) is 1.65. The summed E-state index contributed by atoms with van der Waals surface area (Å²) in [7, 11) is 0. The van der Waals surface area contributed by atoms with Crippen LogP contribution >= 0.6 is 0 Å². The number of nitrogens with two attached hydrogens (primary N) is 1. The first-order chi connectivity index (χ1) is 7.09. The van der Waals surface area contributed by atoms with Crippen LogP contribution in [0.1, 0.15) is 25.3 Å². The number of benzene rings is 1. The van der Waals surface area contributed by atoms with E-state index in [0.29, 0.717) is 11.6 Å². The van der Waals surface area contributed by atoms with Crippen LogP contribution in [0, 0.1) is 0 Å². The number of nitrogen functional groups attached to an aromatic ring is 1. The molecule has 0 unspecified atom stereocenters. The fraction of sp³-hybridized carbons (Fsp3) is 0.250. The molecule has 0 radical (unpaired) electrons. The van der Waals surface area contributed by atoms with E-state index in [1.54, 1.807) is 18.3 Å². The van der Waals surface area contributed by atoms with Gasteiger partial charge in [0.15, 0.2) is 0 Å². The highest BCUT2D eigenvalue weighted by Crippen LogP contribution is 2.30. The molecule has 0 saturated heterocycles. The summed E-state index contributed by atoms with van der Waals surface area (Å²) in [4.78, 5) is 4.20. The summed E-state index contributed by atoms with van der Waals surface area (Å²) < 4.78 is 0. The number of fused-ring (bicyclic) bond motifs is 1. The maximum atomic E-state index is 9.36. The number of rotatable bonds is 1. The highest BCUT2D eigenvalue weighted by molar-refractivity contribution is 5.87. The van der Waals surface area contributed by atoms with E-state index in [0.717, 1.165) is 16.5 Å². The minimum absolute atomic E-state index is 0.231. The third-order valence-corrected chi connectivity index (χ3v) is 2.50. The average molecular weight is 202 g/mol. The lowest BCUT2D eigenvalue weighted by atomic mass is 9.97. The standard InChI is InChI=1S/C12H14N2O/c1-7(2)12-9-4-3-8(15)5-11(9)14-6-10(12)13/h3-7,15H,13H2,1-2H3. The molecule has 2 rings (SSSR count). The Balaban J connectivity index is 2.82. The molecule has 0 saturated carbocycles. The van der Waals surface area contributed by atoms with Gasteiger partial charge in [0.2, 0.25) is 0 Å². The van der Waals surface area contributed by atoms with Gasteiger partial charge in [-0.15, -0.1) is 0 Å². The van der Waals surface area contributed by atoms with Crippen molar-refractivity contribution in [3.05, 3.63) is 30.0 Å². The molecule has 3 heteroatoms.